The largest absolute Gasteiger partial charge is 0.325 e. The summed E-state index contributed by atoms with van der Waals surface area (Å²) in [4.78, 5) is 20.5. The minimum Gasteiger partial charge on any atom is -0.325 e. The zero-order valence-electron chi connectivity index (χ0n) is 13.7. The Bertz CT molecular complexity index is 915. The molecule has 0 atom stereocenters. The van der Waals surface area contributed by atoms with Crippen molar-refractivity contribution in [3.8, 4) is 11.5 Å². The van der Waals surface area contributed by atoms with Crippen LogP contribution in [-0.2, 0) is 11.3 Å². The predicted molar refractivity (Wildman–Crippen MR) is 105 cm³/mol. The van der Waals surface area contributed by atoms with Crippen LogP contribution >= 0.6 is 27.7 Å². The number of hydrogen-bond acceptors (Lipinski definition) is 6. The Kier molecular flexibility index (Phi) is 6.13. The summed E-state index contributed by atoms with van der Waals surface area (Å²) in [5.74, 6) is 0.678. The van der Waals surface area contributed by atoms with E-state index in [1.807, 2.05) is 28.8 Å². The molecular weight excluding hydrogens is 416 g/mol. The average Bonchev–Trinajstić information content (AvgIpc) is 3.04. The van der Waals surface area contributed by atoms with E-state index in [-0.39, 0.29) is 11.7 Å². The summed E-state index contributed by atoms with van der Waals surface area (Å²) in [6, 6.07) is 7.44. The summed E-state index contributed by atoms with van der Waals surface area (Å²) in [6.07, 6.45) is 6.56. The topological polar surface area (TPSA) is 85.6 Å². The van der Waals surface area contributed by atoms with Gasteiger partial charge in [0, 0.05) is 29.1 Å². The normalized spacial score (nSPS) is 10.5. The van der Waals surface area contributed by atoms with E-state index in [4.69, 9.17) is 0 Å². The van der Waals surface area contributed by atoms with Gasteiger partial charge in [-0.25, -0.2) is 4.98 Å². The Morgan fingerprint density at radius 3 is 2.96 bits per heavy atom. The number of carbonyl (C=O) groups excluding carboxylic acids is 1. The fraction of sp³-hybridized carbons (Fsp3) is 0.118. The molecule has 2 heterocycles. The lowest BCUT2D eigenvalue weighted by atomic mass is 10.3. The van der Waals surface area contributed by atoms with Crippen LogP contribution in [0.4, 0.5) is 5.69 Å². The number of thioether (sulfide) groups is 1. The zero-order valence-corrected chi connectivity index (χ0v) is 16.1. The lowest BCUT2D eigenvalue weighted by molar-refractivity contribution is -0.113. The predicted octanol–water partition coefficient (Wildman–Crippen LogP) is 3.41. The molecule has 3 rings (SSSR count). The molecule has 0 saturated carbocycles. The summed E-state index contributed by atoms with van der Waals surface area (Å²) < 4.78 is 2.76. The molecule has 1 N–H and O–H groups in total. The fourth-order valence-electron chi connectivity index (χ4n) is 2.19. The molecule has 26 heavy (non-hydrogen) atoms. The van der Waals surface area contributed by atoms with Crippen LogP contribution < -0.4 is 5.32 Å². The molecule has 7 nitrogen and oxygen atoms in total. The van der Waals surface area contributed by atoms with Gasteiger partial charge in [0.25, 0.3) is 0 Å². The van der Waals surface area contributed by atoms with Crippen molar-refractivity contribution in [3.05, 3.63) is 60.0 Å². The van der Waals surface area contributed by atoms with E-state index >= 15 is 0 Å². The van der Waals surface area contributed by atoms with Crippen molar-refractivity contribution in [3.63, 3.8) is 0 Å². The molecular formula is C17H15BrN6OS. The van der Waals surface area contributed by atoms with Crippen LogP contribution in [0.2, 0.25) is 0 Å². The Hall–Kier alpha value is -2.52. The highest BCUT2D eigenvalue weighted by molar-refractivity contribution is 9.10. The molecule has 0 aliphatic rings. The van der Waals surface area contributed by atoms with Crippen LogP contribution in [0.15, 0.2) is 65.1 Å². The Balaban J connectivity index is 1.70. The Morgan fingerprint density at radius 1 is 1.35 bits per heavy atom. The maximum absolute atomic E-state index is 12.2. The number of rotatable bonds is 7. The zero-order chi connectivity index (χ0) is 18.4. The van der Waals surface area contributed by atoms with Gasteiger partial charge >= 0.3 is 0 Å². The highest BCUT2D eigenvalue weighted by atomic mass is 79.9. The van der Waals surface area contributed by atoms with Crippen molar-refractivity contribution in [2.45, 2.75) is 11.7 Å². The summed E-state index contributed by atoms with van der Waals surface area (Å²) in [5, 5.41) is 11.8. The van der Waals surface area contributed by atoms with Gasteiger partial charge in [0.1, 0.15) is 5.69 Å². The smallest absolute Gasteiger partial charge is 0.234 e. The lowest BCUT2D eigenvalue weighted by Gasteiger charge is -2.08. The van der Waals surface area contributed by atoms with E-state index in [2.05, 4.69) is 48.0 Å². The van der Waals surface area contributed by atoms with Crippen molar-refractivity contribution in [2.24, 2.45) is 0 Å². The van der Waals surface area contributed by atoms with E-state index in [0.29, 0.717) is 23.2 Å². The van der Waals surface area contributed by atoms with Crippen molar-refractivity contribution in [1.29, 1.82) is 0 Å². The van der Waals surface area contributed by atoms with Crippen molar-refractivity contribution in [2.75, 3.05) is 11.1 Å². The molecule has 0 fully saturated rings. The minimum atomic E-state index is -0.123. The van der Waals surface area contributed by atoms with Gasteiger partial charge < -0.3 is 5.32 Å². The molecule has 9 heteroatoms. The van der Waals surface area contributed by atoms with Gasteiger partial charge in [-0.1, -0.05) is 39.8 Å². The fourth-order valence-corrected chi connectivity index (χ4v) is 3.33. The third-order valence-corrected chi connectivity index (χ3v) is 4.72. The van der Waals surface area contributed by atoms with Crippen molar-refractivity contribution in [1.82, 2.24) is 24.7 Å². The summed E-state index contributed by atoms with van der Waals surface area (Å²) in [5.41, 5.74) is 1.35. The standard InChI is InChI=1S/C17H15BrN6OS/c1-2-8-24-16(14-10-19-6-7-20-14)22-23-17(24)26-11-15(25)21-13-5-3-4-12(18)9-13/h2-7,9-10H,1,8,11H2,(H,21,25). The molecule has 0 aliphatic heterocycles. The number of amides is 1. The number of nitrogens with zero attached hydrogens (tertiary/aromatic N) is 5. The van der Waals surface area contributed by atoms with Crippen LogP contribution in [0, 0.1) is 0 Å². The maximum Gasteiger partial charge on any atom is 0.234 e. The van der Waals surface area contributed by atoms with Gasteiger partial charge in [-0.15, -0.1) is 16.8 Å². The highest BCUT2D eigenvalue weighted by Crippen LogP contribution is 2.23. The van der Waals surface area contributed by atoms with Gasteiger partial charge in [0.15, 0.2) is 11.0 Å². The maximum atomic E-state index is 12.2. The van der Waals surface area contributed by atoms with Gasteiger partial charge in [0.05, 0.1) is 11.9 Å². The molecule has 1 amide bonds. The first-order valence-corrected chi connectivity index (χ1v) is 9.44. The van der Waals surface area contributed by atoms with Gasteiger partial charge in [-0.2, -0.15) is 0 Å². The first-order chi connectivity index (χ1) is 12.7. The quantitative estimate of drug-likeness (QED) is 0.456. The number of carbonyl (C=O) groups is 1. The second kappa shape index (κ2) is 8.72. The molecule has 1 aromatic carbocycles. The van der Waals surface area contributed by atoms with Gasteiger partial charge in [-0.05, 0) is 18.2 Å². The molecule has 3 aromatic rings. The molecule has 132 valence electrons. The van der Waals surface area contributed by atoms with Crippen LogP contribution in [0.5, 0.6) is 0 Å². The monoisotopic (exact) mass is 430 g/mol. The van der Waals surface area contributed by atoms with Crippen LogP contribution in [0.1, 0.15) is 0 Å². The number of aromatic nitrogens is 5. The van der Waals surface area contributed by atoms with Crippen LogP contribution in [0.25, 0.3) is 11.5 Å². The van der Waals surface area contributed by atoms with E-state index in [0.717, 1.165) is 10.2 Å². The Morgan fingerprint density at radius 2 is 2.23 bits per heavy atom. The lowest BCUT2D eigenvalue weighted by Crippen LogP contribution is -2.14. The minimum absolute atomic E-state index is 0.123. The summed E-state index contributed by atoms with van der Waals surface area (Å²) >= 11 is 4.68. The highest BCUT2D eigenvalue weighted by Gasteiger charge is 2.16. The second-order valence-corrected chi connectivity index (χ2v) is 7.00. The summed E-state index contributed by atoms with van der Waals surface area (Å²) in [6.45, 7) is 4.27. The van der Waals surface area contributed by atoms with E-state index in [1.54, 1.807) is 24.7 Å². The molecule has 0 saturated heterocycles. The van der Waals surface area contributed by atoms with Crippen molar-refractivity contribution < 1.29 is 4.79 Å². The molecule has 0 radical (unpaired) electrons. The third kappa shape index (κ3) is 4.55. The number of allylic oxidation sites excluding steroid dienone is 1. The van der Waals surface area contributed by atoms with E-state index in [9.17, 15) is 4.79 Å². The van der Waals surface area contributed by atoms with E-state index < -0.39 is 0 Å². The van der Waals surface area contributed by atoms with E-state index in [1.165, 1.54) is 11.8 Å². The molecule has 0 bridgehead atoms. The van der Waals surface area contributed by atoms with Gasteiger partial charge in [-0.3, -0.25) is 14.3 Å². The average molecular weight is 431 g/mol. The summed E-state index contributed by atoms with van der Waals surface area (Å²) in [7, 11) is 0. The number of anilines is 1. The number of hydrogen-bond donors (Lipinski definition) is 1. The second-order valence-electron chi connectivity index (χ2n) is 5.14. The third-order valence-electron chi connectivity index (χ3n) is 3.26. The number of halogens is 1. The van der Waals surface area contributed by atoms with Gasteiger partial charge in [0.2, 0.25) is 5.91 Å². The Labute approximate surface area is 163 Å². The molecule has 2 aromatic heterocycles. The van der Waals surface area contributed by atoms with Crippen LogP contribution in [-0.4, -0.2) is 36.4 Å². The number of nitrogens with one attached hydrogen (secondary N) is 1. The first-order valence-electron chi connectivity index (χ1n) is 7.66. The number of benzene rings is 1. The van der Waals surface area contributed by atoms with Crippen molar-refractivity contribution >= 4 is 39.3 Å². The SMILES string of the molecule is C=CCn1c(SCC(=O)Nc2cccc(Br)c2)nnc1-c1cnccn1. The molecule has 0 aliphatic carbocycles. The first kappa shape index (κ1) is 18.3. The van der Waals surface area contributed by atoms with Crippen LogP contribution in [0.3, 0.4) is 0 Å². The molecule has 0 spiro atoms. The molecule has 0 unspecified atom stereocenters.